The molecule has 1 aromatic carbocycles. The molecule has 0 bridgehead atoms. The van der Waals surface area contributed by atoms with E-state index in [9.17, 15) is 4.39 Å². The van der Waals surface area contributed by atoms with Gasteiger partial charge < -0.3 is 4.74 Å². The fourth-order valence-electron chi connectivity index (χ4n) is 4.97. The van der Waals surface area contributed by atoms with E-state index >= 15 is 0 Å². The zero-order valence-electron chi connectivity index (χ0n) is 16.3. The van der Waals surface area contributed by atoms with Gasteiger partial charge in [0.05, 0.1) is 12.7 Å². The molecule has 2 aliphatic rings. The summed E-state index contributed by atoms with van der Waals surface area (Å²) in [6.07, 6.45) is 18.4. The highest BCUT2D eigenvalue weighted by Crippen LogP contribution is 2.41. The standard InChI is InChI=1S/C24H35FO/c1-2-3-4-5-19-6-10-21(11-7-19)22-12-16-24(17-13-22)26-18-20-8-14-23(25)15-9-20/h2-3,8-9,14-15,19,21-22,24H,4-7,10-13,16-18H2,1H3/b3-2+. The number of rotatable bonds is 7. The van der Waals surface area contributed by atoms with Crippen molar-refractivity contribution in [1.82, 2.24) is 0 Å². The first kappa shape index (κ1) is 19.6. The Labute approximate surface area is 159 Å². The molecule has 0 aromatic heterocycles. The third-order valence-corrected chi connectivity index (χ3v) is 6.65. The molecule has 144 valence electrons. The molecule has 0 heterocycles. The van der Waals surface area contributed by atoms with Gasteiger partial charge in [-0.15, -0.1) is 0 Å². The van der Waals surface area contributed by atoms with Crippen LogP contribution in [0.3, 0.4) is 0 Å². The fraction of sp³-hybridized carbons (Fsp3) is 0.667. The zero-order valence-corrected chi connectivity index (χ0v) is 16.3. The molecule has 26 heavy (non-hydrogen) atoms. The lowest BCUT2D eigenvalue weighted by Gasteiger charge is -2.37. The molecular weight excluding hydrogens is 323 g/mol. The summed E-state index contributed by atoms with van der Waals surface area (Å²) in [4.78, 5) is 0. The van der Waals surface area contributed by atoms with Crippen LogP contribution in [0.25, 0.3) is 0 Å². The zero-order chi connectivity index (χ0) is 18.2. The first-order chi connectivity index (χ1) is 12.7. The van der Waals surface area contributed by atoms with Crippen molar-refractivity contribution in [3.05, 3.63) is 47.8 Å². The minimum Gasteiger partial charge on any atom is -0.374 e. The molecule has 2 saturated carbocycles. The summed E-state index contributed by atoms with van der Waals surface area (Å²) in [6, 6.07) is 6.69. The minimum absolute atomic E-state index is 0.175. The molecule has 0 N–H and O–H groups in total. The molecule has 2 fully saturated rings. The van der Waals surface area contributed by atoms with Gasteiger partial charge in [0, 0.05) is 0 Å². The molecule has 0 amide bonds. The Morgan fingerprint density at radius 2 is 1.54 bits per heavy atom. The smallest absolute Gasteiger partial charge is 0.123 e. The second kappa shape index (κ2) is 10.3. The van der Waals surface area contributed by atoms with Gasteiger partial charge in [0.25, 0.3) is 0 Å². The van der Waals surface area contributed by atoms with E-state index in [4.69, 9.17) is 4.74 Å². The Kier molecular flexibility index (Phi) is 7.73. The van der Waals surface area contributed by atoms with Crippen LogP contribution in [0.1, 0.15) is 76.7 Å². The van der Waals surface area contributed by atoms with E-state index in [2.05, 4.69) is 19.1 Å². The van der Waals surface area contributed by atoms with E-state index in [1.807, 2.05) is 12.1 Å². The highest BCUT2D eigenvalue weighted by Gasteiger charge is 2.30. The average Bonchev–Trinajstić information content (AvgIpc) is 2.69. The van der Waals surface area contributed by atoms with Gasteiger partial charge in [-0.25, -0.2) is 4.39 Å². The monoisotopic (exact) mass is 358 g/mol. The number of allylic oxidation sites excluding steroid dienone is 2. The quantitative estimate of drug-likeness (QED) is 0.474. The third-order valence-electron chi connectivity index (χ3n) is 6.65. The van der Waals surface area contributed by atoms with E-state index in [1.54, 1.807) is 0 Å². The van der Waals surface area contributed by atoms with Crippen LogP contribution >= 0.6 is 0 Å². The van der Waals surface area contributed by atoms with Gasteiger partial charge in [0.15, 0.2) is 0 Å². The van der Waals surface area contributed by atoms with Crippen molar-refractivity contribution in [2.45, 2.75) is 83.8 Å². The van der Waals surface area contributed by atoms with E-state index < -0.39 is 0 Å². The van der Waals surface area contributed by atoms with Crippen LogP contribution < -0.4 is 0 Å². The maximum Gasteiger partial charge on any atom is 0.123 e. The van der Waals surface area contributed by atoms with Crippen LogP contribution in [0.15, 0.2) is 36.4 Å². The van der Waals surface area contributed by atoms with Crippen molar-refractivity contribution in [3.8, 4) is 0 Å². The van der Waals surface area contributed by atoms with Gasteiger partial charge in [-0.3, -0.25) is 0 Å². The maximum absolute atomic E-state index is 13.0. The molecule has 0 spiro atoms. The highest BCUT2D eigenvalue weighted by atomic mass is 19.1. The summed E-state index contributed by atoms with van der Waals surface area (Å²) in [5.74, 6) is 2.69. The van der Waals surface area contributed by atoms with Crippen molar-refractivity contribution in [2.24, 2.45) is 17.8 Å². The second-order valence-corrected chi connectivity index (χ2v) is 8.40. The average molecular weight is 359 g/mol. The maximum atomic E-state index is 13.0. The van der Waals surface area contributed by atoms with Gasteiger partial charge in [0.2, 0.25) is 0 Å². The fourth-order valence-corrected chi connectivity index (χ4v) is 4.97. The second-order valence-electron chi connectivity index (χ2n) is 8.40. The third kappa shape index (κ3) is 5.94. The molecule has 0 unspecified atom stereocenters. The summed E-state index contributed by atoms with van der Waals surface area (Å²) in [5.41, 5.74) is 1.07. The van der Waals surface area contributed by atoms with Crippen molar-refractivity contribution in [1.29, 1.82) is 0 Å². The molecule has 0 saturated heterocycles. The molecule has 3 rings (SSSR count). The highest BCUT2D eigenvalue weighted by molar-refractivity contribution is 5.15. The number of halogens is 1. The molecule has 1 nitrogen and oxygen atoms in total. The Bertz CT molecular complexity index is 534. The van der Waals surface area contributed by atoms with Crippen molar-refractivity contribution < 1.29 is 9.13 Å². The van der Waals surface area contributed by atoms with Crippen LogP contribution in [0.5, 0.6) is 0 Å². The van der Waals surface area contributed by atoms with Crippen molar-refractivity contribution in [2.75, 3.05) is 0 Å². The van der Waals surface area contributed by atoms with Crippen molar-refractivity contribution >= 4 is 0 Å². The van der Waals surface area contributed by atoms with E-state index in [-0.39, 0.29) is 5.82 Å². The molecule has 2 aliphatic carbocycles. The molecule has 0 aliphatic heterocycles. The Morgan fingerprint density at radius 3 is 2.15 bits per heavy atom. The SMILES string of the molecule is C/C=C/CCC1CCC(C2CCC(OCc3ccc(F)cc3)CC2)CC1. The Morgan fingerprint density at radius 1 is 0.923 bits per heavy atom. The number of hydrogen-bond donors (Lipinski definition) is 0. The van der Waals surface area contributed by atoms with Gasteiger partial charge >= 0.3 is 0 Å². The van der Waals surface area contributed by atoms with E-state index in [0.717, 1.165) is 23.3 Å². The largest absolute Gasteiger partial charge is 0.374 e. The number of ether oxygens (including phenoxy) is 1. The molecule has 2 heteroatoms. The van der Waals surface area contributed by atoms with Crippen LogP contribution in [-0.4, -0.2) is 6.10 Å². The van der Waals surface area contributed by atoms with Crippen LogP contribution in [0.4, 0.5) is 4.39 Å². The Balaban J connectivity index is 1.33. The van der Waals surface area contributed by atoms with Gasteiger partial charge in [0.1, 0.15) is 5.82 Å². The summed E-state index contributed by atoms with van der Waals surface area (Å²) in [5, 5.41) is 0. The topological polar surface area (TPSA) is 9.23 Å². The lowest BCUT2D eigenvalue weighted by molar-refractivity contribution is -0.00283. The van der Waals surface area contributed by atoms with Crippen LogP contribution in [-0.2, 0) is 11.3 Å². The first-order valence-corrected chi connectivity index (χ1v) is 10.7. The predicted molar refractivity (Wildman–Crippen MR) is 106 cm³/mol. The predicted octanol–water partition coefficient (Wildman–Crippen LogP) is 7.06. The van der Waals surface area contributed by atoms with Crippen molar-refractivity contribution in [3.63, 3.8) is 0 Å². The van der Waals surface area contributed by atoms with Gasteiger partial charge in [-0.2, -0.15) is 0 Å². The van der Waals surface area contributed by atoms with Crippen LogP contribution in [0.2, 0.25) is 0 Å². The molecule has 1 aromatic rings. The van der Waals surface area contributed by atoms with Crippen LogP contribution in [0, 0.1) is 23.6 Å². The molecule has 0 atom stereocenters. The summed E-state index contributed by atoms with van der Waals surface area (Å²) >= 11 is 0. The molecule has 0 radical (unpaired) electrons. The lowest BCUT2D eigenvalue weighted by atomic mass is 9.70. The summed E-state index contributed by atoms with van der Waals surface area (Å²) in [7, 11) is 0. The lowest BCUT2D eigenvalue weighted by Crippen LogP contribution is -2.28. The number of hydrogen-bond acceptors (Lipinski definition) is 1. The minimum atomic E-state index is -0.175. The Hall–Kier alpha value is -1.15. The van der Waals surface area contributed by atoms with Gasteiger partial charge in [-0.05, 0) is 93.7 Å². The molecular formula is C24H35FO. The van der Waals surface area contributed by atoms with E-state index in [1.165, 1.54) is 76.3 Å². The summed E-state index contributed by atoms with van der Waals surface area (Å²) in [6.45, 7) is 2.74. The number of benzene rings is 1. The first-order valence-electron chi connectivity index (χ1n) is 10.7. The normalized spacial score (nSPS) is 29.9. The summed E-state index contributed by atoms with van der Waals surface area (Å²) < 4.78 is 19.0. The van der Waals surface area contributed by atoms with Gasteiger partial charge in [-0.1, -0.05) is 37.1 Å². The van der Waals surface area contributed by atoms with E-state index in [0.29, 0.717) is 12.7 Å².